The molecule has 0 atom stereocenters. The summed E-state index contributed by atoms with van der Waals surface area (Å²) in [6.45, 7) is 3.60. The highest BCUT2D eigenvalue weighted by Crippen LogP contribution is 2.22. The highest BCUT2D eigenvalue weighted by molar-refractivity contribution is 6.31. The number of hydrogen-bond acceptors (Lipinski definition) is 5. The fraction of sp³-hybridized carbons (Fsp3) is 0.667. The van der Waals surface area contributed by atoms with Crippen LogP contribution in [0.1, 0.15) is 18.5 Å². The quantitative estimate of drug-likeness (QED) is 0.716. The van der Waals surface area contributed by atoms with Crippen LogP contribution in [0, 0.1) is 0 Å². The lowest BCUT2D eigenvalue weighted by Crippen LogP contribution is -2.31. The van der Waals surface area contributed by atoms with Gasteiger partial charge in [0.05, 0.1) is 23.9 Å². The van der Waals surface area contributed by atoms with Crippen molar-refractivity contribution in [3.63, 3.8) is 0 Å². The molecule has 0 amide bonds. The Hall–Kier alpha value is -0.880. The molecule has 0 aliphatic heterocycles. The number of halogens is 1. The Morgan fingerprint density at radius 2 is 1.90 bits per heavy atom. The van der Waals surface area contributed by atoms with Crippen molar-refractivity contribution in [1.29, 1.82) is 0 Å². The number of nitrogens with zero attached hydrogens (tertiary/aromatic N) is 2. The lowest BCUT2D eigenvalue weighted by Gasteiger charge is -2.24. The van der Waals surface area contributed by atoms with E-state index in [4.69, 9.17) is 26.1 Å². The first-order valence-electron chi connectivity index (χ1n) is 7.36. The smallest absolute Gasteiger partial charge is 0.129 e. The van der Waals surface area contributed by atoms with Gasteiger partial charge in [0.2, 0.25) is 0 Å². The van der Waals surface area contributed by atoms with E-state index in [1.807, 2.05) is 12.1 Å². The van der Waals surface area contributed by atoms with Gasteiger partial charge in [-0.15, -0.1) is 0 Å². The minimum absolute atomic E-state index is 0.643. The molecular weight excluding hydrogens is 290 g/mol. The molecule has 0 saturated heterocycles. The predicted octanol–water partition coefficient (Wildman–Crippen LogP) is 2.09. The van der Waals surface area contributed by atoms with Gasteiger partial charge in [-0.1, -0.05) is 11.6 Å². The second-order valence-corrected chi connectivity index (χ2v) is 5.63. The minimum Gasteiger partial charge on any atom is -0.383 e. The first-order valence-corrected chi connectivity index (χ1v) is 7.74. The Morgan fingerprint density at radius 3 is 2.48 bits per heavy atom. The molecule has 118 valence electrons. The van der Waals surface area contributed by atoms with Gasteiger partial charge in [-0.05, 0) is 25.0 Å². The summed E-state index contributed by atoms with van der Waals surface area (Å²) in [5.74, 6) is 0.918. The van der Waals surface area contributed by atoms with Gasteiger partial charge in [0.25, 0.3) is 0 Å². The van der Waals surface area contributed by atoms with Crippen LogP contribution < -0.4 is 10.2 Å². The number of ether oxygens (including phenoxy) is 2. The minimum atomic E-state index is 0.643. The van der Waals surface area contributed by atoms with E-state index in [9.17, 15) is 0 Å². The number of rotatable bonds is 10. The molecular formula is C15H24ClN3O2. The molecule has 1 aliphatic carbocycles. The number of pyridine rings is 1. The molecule has 0 unspecified atom stereocenters. The molecule has 1 aliphatic rings. The molecule has 0 radical (unpaired) electrons. The first-order chi connectivity index (χ1) is 10.2. The Morgan fingerprint density at radius 1 is 1.24 bits per heavy atom. The first kappa shape index (κ1) is 16.5. The van der Waals surface area contributed by atoms with Crippen LogP contribution in [0.15, 0.2) is 12.1 Å². The van der Waals surface area contributed by atoms with Crippen LogP contribution in [-0.2, 0) is 16.0 Å². The van der Waals surface area contributed by atoms with Crippen LogP contribution in [0.25, 0.3) is 0 Å². The van der Waals surface area contributed by atoms with Crippen LogP contribution >= 0.6 is 11.6 Å². The average molecular weight is 314 g/mol. The Kier molecular flexibility index (Phi) is 6.70. The van der Waals surface area contributed by atoms with Crippen molar-refractivity contribution >= 4 is 17.4 Å². The molecule has 1 aromatic rings. The van der Waals surface area contributed by atoms with E-state index in [2.05, 4.69) is 10.2 Å². The van der Waals surface area contributed by atoms with Crippen molar-refractivity contribution in [1.82, 2.24) is 10.3 Å². The van der Waals surface area contributed by atoms with Crippen LogP contribution in [-0.4, -0.2) is 51.5 Å². The van der Waals surface area contributed by atoms with E-state index < -0.39 is 0 Å². The maximum atomic E-state index is 6.24. The molecule has 21 heavy (non-hydrogen) atoms. The SMILES string of the molecule is COCCN(CCOC)c1ccc(Cl)c(CNC2CC2)n1. The molecule has 1 saturated carbocycles. The summed E-state index contributed by atoms with van der Waals surface area (Å²) in [5, 5.41) is 4.16. The van der Waals surface area contributed by atoms with Crippen LogP contribution in [0.2, 0.25) is 5.02 Å². The van der Waals surface area contributed by atoms with Gasteiger partial charge < -0.3 is 19.7 Å². The zero-order valence-electron chi connectivity index (χ0n) is 12.8. The molecule has 1 fully saturated rings. The topological polar surface area (TPSA) is 46.6 Å². The van der Waals surface area contributed by atoms with E-state index in [1.54, 1.807) is 14.2 Å². The highest BCUT2D eigenvalue weighted by atomic mass is 35.5. The summed E-state index contributed by atoms with van der Waals surface area (Å²) < 4.78 is 10.3. The monoisotopic (exact) mass is 313 g/mol. The number of methoxy groups -OCH3 is 2. The summed E-state index contributed by atoms with van der Waals surface area (Å²) in [5.41, 5.74) is 0.904. The van der Waals surface area contributed by atoms with E-state index in [0.717, 1.165) is 31.1 Å². The van der Waals surface area contributed by atoms with Gasteiger partial charge in [0.1, 0.15) is 5.82 Å². The van der Waals surface area contributed by atoms with Crippen molar-refractivity contribution in [2.24, 2.45) is 0 Å². The van der Waals surface area contributed by atoms with E-state index in [0.29, 0.717) is 24.3 Å². The Bertz CT molecular complexity index is 433. The van der Waals surface area contributed by atoms with E-state index in [-0.39, 0.29) is 0 Å². The lowest BCUT2D eigenvalue weighted by atomic mass is 10.3. The van der Waals surface area contributed by atoms with E-state index in [1.165, 1.54) is 12.8 Å². The van der Waals surface area contributed by atoms with Gasteiger partial charge in [0, 0.05) is 39.9 Å². The largest absolute Gasteiger partial charge is 0.383 e. The molecule has 0 bridgehead atoms. The average Bonchev–Trinajstić information content (AvgIpc) is 3.31. The highest BCUT2D eigenvalue weighted by Gasteiger charge is 2.21. The summed E-state index contributed by atoms with van der Waals surface area (Å²) in [4.78, 5) is 6.86. The fourth-order valence-corrected chi connectivity index (χ4v) is 2.22. The molecule has 1 aromatic heterocycles. The number of nitrogens with one attached hydrogen (secondary N) is 1. The molecule has 1 heterocycles. The fourth-order valence-electron chi connectivity index (χ4n) is 2.05. The van der Waals surface area contributed by atoms with Crippen molar-refractivity contribution in [2.75, 3.05) is 45.4 Å². The van der Waals surface area contributed by atoms with Gasteiger partial charge in [-0.3, -0.25) is 0 Å². The molecule has 5 nitrogen and oxygen atoms in total. The Labute approximate surface area is 131 Å². The zero-order chi connectivity index (χ0) is 15.1. The third-order valence-corrected chi connectivity index (χ3v) is 3.84. The van der Waals surface area contributed by atoms with Gasteiger partial charge >= 0.3 is 0 Å². The van der Waals surface area contributed by atoms with Gasteiger partial charge in [-0.25, -0.2) is 4.98 Å². The third kappa shape index (κ3) is 5.43. The molecule has 2 rings (SSSR count). The second kappa shape index (κ2) is 8.54. The molecule has 6 heteroatoms. The van der Waals surface area contributed by atoms with Gasteiger partial charge in [-0.2, -0.15) is 0 Å². The van der Waals surface area contributed by atoms with Crippen LogP contribution in [0.4, 0.5) is 5.82 Å². The van der Waals surface area contributed by atoms with E-state index >= 15 is 0 Å². The number of anilines is 1. The summed E-state index contributed by atoms with van der Waals surface area (Å²) in [6.07, 6.45) is 2.51. The lowest BCUT2D eigenvalue weighted by molar-refractivity contribution is 0.190. The van der Waals surface area contributed by atoms with Crippen molar-refractivity contribution in [3.8, 4) is 0 Å². The molecule has 0 spiro atoms. The van der Waals surface area contributed by atoms with Crippen molar-refractivity contribution < 1.29 is 9.47 Å². The molecule has 1 N–H and O–H groups in total. The summed E-state index contributed by atoms with van der Waals surface area (Å²) >= 11 is 6.24. The number of hydrogen-bond donors (Lipinski definition) is 1. The maximum absolute atomic E-state index is 6.24. The maximum Gasteiger partial charge on any atom is 0.129 e. The normalized spacial score (nSPS) is 14.4. The summed E-state index contributed by atoms with van der Waals surface area (Å²) in [7, 11) is 3.41. The standard InChI is InChI=1S/C15H24ClN3O2/c1-20-9-7-19(8-10-21-2)15-6-5-13(16)14(18-15)11-17-12-3-4-12/h5-6,12,17H,3-4,7-11H2,1-2H3. The van der Waals surface area contributed by atoms with Gasteiger partial charge in [0.15, 0.2) is 0 Å². The predicted molar refractivity (Wildman–Crippen MR) is 85.1 cm³/mol. The van der Waals surface area contributed by atoms with Crippen molar-refractivity contribution in [2.45, 2.75) is 25.4 Å². The second-order valence-electron chi connectivity index (χ2n) is 5.23. The summed E-state index contributed by atoms with van der Waals surface area (Å²) in [6, 6.07) is 4.51. The molecule has 0 aromatic carbocycles. The van der Waals surface area contributed by atoms with Crippen LogP contribution in [0.5, 0.6) is 0 Å². The zero-order valence-corrected chi connectivity index (χ0v) is 13.5. The van der Waals surface area contributed by atoms with Crippen LogP contribution in [0.3, 0.4) is 0 Å². The number of aromatic nitrogens is 1. The van der Waals surface area contributed by atoms with Crippen molar-refractivity contribution in [3.05, 3.63) is 22.8 Å². The Balaban J connectivity index is 2.04. The third-order valence-electron chi connectivity index (χ3n) is 3.49.